The lowest BCUT2D eigenvalue weighted by Crippen LogP contribution is -2.30. The van der Waals surface area contributed by atoms with Gasteiger partial charge >= 0.3 is 0 Å². The first-order valence-corrected chi connectivity index (χ1v) is 12.2. The Morgan fingerprint density at radius 3 is 2.41 bits per heavy atom. The molecule has 164 valence electrons. The number of pyridine rings is 1. The lowest BCUT2D eigenvalue weighted by molar-refractivity contribution is 0.603. The fourth-order valence-corrected chi connectivity index (χ4v) is 5.05. The van der Waals surface area contributed by atoms with E-state index in [4.69, 9.17) is 11.6 Å². The van der Waals surface area contributed by atoms with Gasteiger partial charge in [0.25, 0.3) is 5.56 Å². The highest BCUT2D eigenvalue weighted by Gasteiger charge is 2.24. The van der Waals surface area contributed by atoms with Crippen molar-refractivity contribution in [1.29, 1.82) is 5.26 Å². The summed E-state index contributed by atoms with van der Waals surface area (Å²) in [6, 6.07) is 12.5. The summed E-state index contributed by atoms with van der Waals surface area (Å²) in [6.07, 6.45) is 6.80. The summed E-state index contributed by atoms with van der Waals surface area (Å²) in [5.74, 6) is 0.405. The van der Waals surface area contributed by atoms with Crippen LogP contribution in [0.25, 0.3) is 11.7 Å². The Bertz CT molecular complexity index is 1380. The minimum absolute atomic E-state index is 0.0696. The normalized spacial score (nSPS) is 15.4. The van der Waals surface area contributed by atoms with E-state index in [1.165, 1.54) is 28.7 Å². The minimum atomic E-state index is -4.14. The number of rotatable bonds is 4. The highest BCUT2D eigenvalue weighted by atomic mass is 35.5. The number of halogens is 1. The van der Waals surface area contributed by atoms with Crippen molar-refractivity contribution in [3.05, 3.63) is 74.5 Å². The van der Waals surface area contributed by atoms with Crippen LogP contribution in [0.1, 0.15) is 31.2 Å². The zero-order chi connectivity index (χ0) is 22.7. The Kier molecular flexibility index (Phi) is 6.31. The first-order chi connectivity index (χ1) is 15.4. The molecule has 0 radical (unpaired) electrons. The standard InChI is InChI=1S/C23H21ClN4O3S/c24-17-8-10-18(11-9-17)32(30,31)19(16-25)15-20-22(27-12-4-1-2-5-13-27)26-21-7-3-6-14-28(21)23(20)29/h3,6-11,14-15H,1-2,4-5,12-13H2. The third kappa shape index (κ3) is 4.27. The third-order valence-corrected chi connectivity index (χ3v) is 7.39. The molecule has 1 aliphatic heterocycles. The number of benzene rings is 1. The predicted molar refractivity (Wildman–Crippen MR) is 124 cm³/mol. The van der Waals surface area contributed by atoms with E-state index in [0.717, 1.165) is 31.8 Å². The molecule has 1 aromatic carbocycles. The van der Waals surface area contributed by atoms with Gasteiger partial charge in [-0.1, -0.05) is 30.5 Å². The molecule has 0 unspecified atom stereocenters. The van der Waals surface area contributed by atoms with Gasteiger partial charge in [-0.25, -0.2) is 13.4 Å². The molecule has 0 aliphatic carbocycles. The number of aromatic nitrogens is 2. The van der Waals surface area contributed by atoms with Crippen molar-refractivity contribution >= 4 is 39.0 Å². The molecule has 9 heteroatoms. The molecule has 3 heterocycles. The molecular formula is C23H21ClN4O3S. The van der Waals surface area contributed by atoms with Gasteiger partial charge in [0.15, 0.2) is 0 Å². The molecule has 0 atom stereocenters. The summed E-state index contributed by atoms with van der Waals surface area (Å²) >= 11 is 5.87. The summed E-state index contributed by atoms with van der Waals surface area (Å²) in [4.78, 5) is 19.5. The smallest absolute Gasteiger partial charge is 0.267 e. The molecule has 0 amide bonds. The molecule has 0 bridgehead atoms. The molecule has 1 fully saturated rings. The van der Waals surface area contributed by atoms with E-state index >= 15 is 0 Å². The first kappa shape index (κ1) is 22.1. The SMILES string of the molecule is N#CC(=Cc1c(N2CCCCCC2)nc2ccccn2c1=O)S(=O)(=O)c1ccc(Cl)cc1. The second kappa shape index (κ2) is 9.15. The van der Waals surface area contributed by atoms with Gasteiger partial charge in [-0.05, 0) is 55.3 Å². The zero-order valence-corrected chi connectivity index (χ0v) is 18.8. The van der Waals surface area contributed by atoms with Gasteiger partial charge in [-0.2, -0.15) is 5.26 Å². The maximum absolute atomic E-state index is 13.4. The van der Waals surface area contributed by atoms with Gasteiger partial charge in [0, 0.05) is 24.3 Å². The van der Waals surface area contributed by atoms with Crippen molar-refractivity contribution in [2.75, 3.05) is 18.0 Å². The molecule has 32 heavy (non-hydrogen) atoms. The predicted octanol–water partition coefficient (Wildman–Crippen LogP) is 4.07. The number of sulfone groups is 1. The second-order valence-electron chi connectivity index (χ2n) is 7.56. The van der Waals surface area contributed by atoms with E-state index in [1.807, 2.05) is 4.90 Å². The highest BCUT2D eigenvalue weighted by Crippen LogP contribution is 2.26. The van der Waals surface area contributed by atoms with Crippen LogP contribution >= 0.6 is 11.6 Å². The number of hydrogen-bond donors (Lipinski definition) is 0. The van der Waals surface area contributed by atoms with Crippen LogP contribution in [0.15, 0.2) is 63.3 Å². The molecule has 3 aromatic rings. The quantitative estimate of drug-likeness (QED) is 0.535. The van der Waals surface area contributed by atoms with E-state index in [1.54, 1.807) is 30.5 Å². The van der Waals surface area contributed by atoms with Gasteiger partial charge in [0.2, 0.25) is 9.84 Å². The number of fused-ring (bicyclic) bond motifs is 1. The second-order valence-corrected chi connectivity index (χ2v) is 9.92. The van der Waals surface area contributed by atoms with Crippen LogP contribution in [0.4, 0.5) is 5.82 Å². The van der Waals surface area contributed by atoms with Gasteiger partial charge in [-0.15, -0.1) is 0 Å². The lowest BCUT2D eigenvalue weighted by Gasteiger charge is -2.23. The van der Waals surface area contributed by atoms with Gasteiger partial charge in [0.05, 0.1) is 10.5 Å². The maximum Gasteiger partial charge on any atom is 0.267 e. The maximum atomic E-state index is 13.4. The molecule has 0 spiro atoms. The number of allylic oxidation sites excluding steroid dienone is 1. The van der Waals surface area contributed by atoms with Crippen LogP contribution < -0.4 is 10.5 Å². The Labute approximate surface area is 191 Å². The molecule has 0 saturated carbocycles. The fraction of sp³-hybridized carbons (Fsp3) is 0.261. The van der Waals surface area contributed by atoms with Crippen LogP contribution in [-0.2, 0) is 9.84 Å². The van der Waals surface area contributed by atoms with E-state index in [-0.39, 0.29) is 10.5 Å². The minimum Gasteiger partial charge on any atom is -0.356 e. The fourth-order valence-electron chi connectivity index (χ4n) is 3.78. The summed E-state index contributed by atoms with van der Waals surface area (Å²) in [5.41, 5.74) is 0.131. The summed E-state index contributed by atoms with van der Waals surface area (Å²) < 4.78 is 27.6. The van der Waals surface area contributed by atoms with E-state index in [9.17, 15) is 18.5 Å². The van der Waals surface area contributed by atoms with Crippen molar-refractivity contribution in [2.24, 2.45) is 0 Å². The Morgan fingerprint density at radius 1 is 1.06 bits per heavy atom. The number of nitrogens with zero attached hydrogens (tertiary/aromatic N) is 4. The largest absolute Gasteiger partial charge is 0.356 e. The van der Waals surface area contributed by atoms with Gasteiger partial charge in [0.1, 0.15) is 22.4 Å². The molecule has 4 rings (SSSR count). The van der Waals surface area contributed by atoms with Gasteiger partial charge < -0.3 is 4.90 Å². The first-order valence-electron chi connectivity index (χ1n) is 10.3. The van der Waals surface area contributed by atoms with Crippen LogP contribution in [-0.4, -0.2) is 30.9 Å². The van der Waals surface area contributed by atoms with Crippen LogP contribution in [0.5, 0.6) is 0 Å². The Hall–Kier alpha value is -3.15. The molecule has 0 N–H and O–H groups in total. The number of nitriles is 1. The van der Waals surface area contributed by atoms with E-state index in [0.29, 0.717) is 29.6 Å². The van der Waals surface area contributed by atoms with Crippen LogP contribution in [0.3, 0.4) is 0 Å². The highest BCUT2D eigenvalue weighted by molar-refractivity contribution is 7.95. The summed E-state index contributed by atoms with van der Waals surface area (Å²) in [7, 11) is -4.14. The van der Waals surface area contributed by atoms with E-state index in [2.05, 4.69) is 4.98 Å². The number of hydrogen-bond acceptors (Lipinski definition) is 6. The van der Waals surface area contributed by atoms with Crippen molar-refractivity contribution in [3.63, 3.8) is 0 Å². The molecule has 1 saturated heterocycles. The molecule has 2 aromatic heterocycles. The third-order valence-electron chi connectivity index (χ3n) is 5.45. The van der Waals surface area contributed by atoms with Crippen molar-refractivity contribution in [2.45, 2.75) is 30.6 Å². The topological polar surface area (TPSA) is 95.5 Å². The van der Waals surface area contributed by atoms with E-state index < -0.39 is 20.3 Å². The lowest BCUT2D eigenvalue weighted by atomic mass is 10.2. The molecule has 7 nitrogen and oxygen atoms in total. The Morgan fingerprint density at radius 2 is 1.75 bits per heavy atom. The van der Waals surface area contributed by atoms with Crippen molar-refractivity contribution in [1.82, 2.24) is 9.38 Å². The molecular weight excluding hydrogens is 448 g/mol. The van der Waals surface area contributed by atoms with Crippen molar-refractivity contribution in [3.8, 4) is 6.07 Å². The van der Waals surface area contributed by atoms with Crippen LogP contribution in [0.2, 0.25) is 5.02 Å². The average Bonchev–Trinajstić information content (AvgIpc) is 3.08. The Balaban J connectivity index is 1.93. The zero-order valence-electron chi connectivity index (χ0n) is 17.2. The summed E-state index contributed by atoms with van der Waals surface area (Å²) in [5, 5.41) is 10.1. The summed E-state index contributed by atoms with van der Waals surface area (Å²) in [6.45, 7) is 1.42. The molecule has 1 aliphatic rings. The average molecular weight is 469 g/mol. The monoisotopic (exact) mass is 468 g/mol. The van der Waals surface area contributed by atoms with Crippen molar-refractivity contribution < 1.29 is 8.42 Å². The number of anilines is 1. The van der Waals surface area contributed by atoms with Crippen LogP contribution in [0, 0.1) is 11.3 Å². The van der Waals surface area contributed by atoms with Gasteiger partial charge in [-0.3, -0.25) is 9.20 Å².